The van der Waals surface area contributed by atoms with Crippen molar-refractivity contribution in [1.29, 1.82) is 0 Å². The average molecular weight is 344 g/mol. The fraction of sp³-hybridized carbons (Fsp3) is 0.154. The molecule has 0 aliphatic rings. The highest BCUT2D eigenvalue weighted by Gasteiger charge is 2.14. The molecule has 0 aliphatic heterocycles. The van der Waals surface area contributed by atoms with Gasteiger partial charge in [-0.2, -0.15) is 0 Å². The topological polar surface area (TPSA) is 78.9 Å². The van der Waals surface area contributed by atoms with Gasteiger partial charge in [-0.05, 0) is 29.5 Å². The second-order valence-electron chi connectivity index (χ2n) is 3.98. The summed E-state index contributed by atoms with van der Waals surface area (Å²) in [7, 11) is 0. The van der Waals surface area contributed by atoms with E-state index in [1.54, 1.807) is 18.2 Å². The van der Waals surface area contributed by atoms with Gasteiger partial charge in [-0.3, -0.25) is 5.10 Å². The molecule has 1 aromatic carbocycles. The summed E-state index contributed by atoms with van der Waals surface area (Å²) in [6.45, 7) is 1.93. The lowest BCUT2D eigenvalue weighted by atomic mass is 10.2. The Labute approximate surface area is 135 Å². The van der Waals surface area contributed by atoms with Gasteiger partial charge in [0.15, 0.2) is 0 Å². The summed E-state index contributed by atoms with van der Waals surface area (Å²) in [4.78, 5) is 15.6. The van der Waals surface area contributed by atoms with Crippen molar-refractivity contribution in [2.45, 2.75) is 18.5 Å². The van der Waals surface area contributed by atoms with Gasteiger partial charge in [-0.15, -0.1) is 5.10 Å². The van der Waals surface area contributed by atoms with Crippen molar-refractivity contribution in [3.05, 3.63) is 44.5 Å². The number of thioether (sulfide) groups is 1. The van der Waals surface area contributed by atoms with E-state index in [-0.39, 0.29) is 4.91 Å². The third-order valence-electron chi connectivity index (χ3n) is 2.53. The van der Waals surface area contributed by atoms with Gasteiger partial charge in [0, 0.05) is 6.42 Å². The number of hydrogen-bond donors (Lipinski definition) is 2. The Bertz CT molecular complexity index is 700. The molecular weight excluding hydrogens is 333 g/mol. The van der Waals surface area contributed by atoms with Crippen molar-refractivity contribution in [3.8, 4) is 0 Å². The molecule has 2 rings (SSSR count). The van der Waals surface area contributed by atoms with Crippen molar-refractivity contribution in [2.75, 3.05) is 0 Å². The minimum Gasteiger partial charge on any atom is -0.477 e. The smallest absolute Gasteiger partial charge is 0.342 e. The number of aliphatic carboxylic acids is 1. The van der Waals surface area contributed by atoms with Crippen LogP contribution in [0.15, 0.2) is 28.3 Å². The zero-order valence-corrected chi connectivity index (χ0v) is 13.3. The largest absolute Gasteiger partial charge is 0.477 e. The zero-order valence-electron chi connectivity index (χ0n) is 10.9. The van der Waals surface area contributed by atoms with Gasteiger partial charge in [0.05, 0.1) is 10.0 Å². The molecule has 5 nitrogen and oxygen atoms in total. The van der Waals surface area contributed by atoms with E-state index in [4.69, 9.17) is 23.2 Å². The molecule has 1 heterocycles. The van der Waals surface area contributed by atoms with E-state index in [2.05, 4.69) is 15.2 Å². The van der Waals surface area contributed by atoms with Crippen LogP contribution in [0.2, 0.25) is 10.0 Å². The highest BCUT2D eigenvalue weighted by Crippen LogP contribution is 2.31. The number of aryl methyl sites for hydroxylation is 1. The number of carboxylic acids is 1. The zero-order chi connectivity index (χ0) is 15.4. The van der Waals surface area contributed by atoms with Gasteiger partial charge >= 0.3 is 5.97 Å². The predicted octanol–water partition coefficient (Wildman–Crippen LogP) is 3.89. The Balaban J connectivity index is 2.32. The van der Waals surface area contributed by atoms with Crippen molar-refractivity contribution >= 4 is 47.0 Å². The molecule has 0 bridgehead atoms. The number of carbonyl (C=O) groups is 1. The number of nitrogens with one attached hydrogen (secondary N) is 1. The van der Waals surface area contributed by atoms with Crippen LogP contribution in [0, 0.1) is 0 Å². The van der Waals surface area contributed by atoms with Crippen LogP contribution in [0.5, 0.6) is 0 Å². The molecular formula is C13H11Cl2N3O2S. The molecule has 0 atom stereocenters. The Morgan fingerprint density at radius 1 is 1.48 bits per heavy atom. The molecule has 21 heavy (non-hydrogen) atoms. The second kappa shape index (κ2) is 6.98. The quantitative estimate of drug-likeness (QED) is 0.635. The van der Waals surface area contributed by atoms with Gasteiger partial charge < -0.3 is 5.11 Å². The molecule has 0 radical (unpaired) electrons. The number of aromatic nitrogens is 3. The molecule has 0 spiro atoms. The Morgan fingerprint density at radius 2 is 2.24 bits per heavy atom. The molecule has 8 heteroatoms. The van der Waals surface area contributed by atoms with E-state index >= 15 is 0 Å². The molecule has 0 unspecified atom stereocenters. The molecule has 1 aromatic heterocycles. The molecule has 110 valence electrons. The highest BCUT2D eigenvalue weighted by molar-refractivity contribution is 8.04. The van der Waals surface area contributed by atoms with Crippen molar-refractivity contribution in [3.63, 3.8) is 0 Å². The average Bonchev–Trinajstić information content (AvgIpc) is 2.90. The van der Waals surface area contributed by atoms with Crippen LogP contribution >= 0.6 is 35.0 Å². The van der Waals surface area contributed by atoms with E-state index in [0.29, 0.717) is 33.0 Å². The van der Waals surface area contributed by atoms with E-state index in [0.717, 1.165) is 11.8 Å². The number of aromatic amines is 1. The van der Waals surface area contributed by atoms with Crippen LogP contribution in [0.4, 0.5) is 0 Å². The van der Waals surface area contributed by atoms with Gasteiger partial charge in [0.2, 0.25) is 5.16 Å². The summed E-state index contributed by atoms with van der Waals surface area (Å²) in [5.41, 5.74) is 0.528. The number of rotatable bonds is 5. The van der Waals surface area contributed by atoms with Crippen LogP contribution in [0.25, 0.3) is 6.08 Å². The number of H-pyrrole nitrogens is 1. The molecule has 2 aromatic rings. The fourth-order valence-corrected chi connectivity index (χ4v) is 2.57. The highest BCUT2D eigenvalue weighted by atomic mass is 35.5. The van der Waals surface area contributed by atoms with E-state index < -0.39 is 5.97 Å². The maximum atomic E-state index is 11.3. The van der Waals surface area contributed by atoms with Gasteiger partial charge in [-0.25, -0.2) is 9.78 Å². The Morgan fingerprint density at radius 3 is 2.86 bits per heavy atom. The SMILES string of the molecule is CCc1nc(S/C(=C\c2cccc(Cl)c2Cl)C(=O)O)n[nH]1. The summed E-state index contributed by atoms with van der Waals surface area (Å²) in [5.74, 6) is -0.387. The van der Waals surface area contributed by atoms with Crippen LogP contribution in [0.1, 0.15) is 18.3 Å². The Hall–Kier alpha value is -1.50. The lowest BCUT2D eigenvalue weighted by Gasteiger charge is -2.03. The van der Waals surface area contributed by atoms with Crippen LogP contribution < -0.4 is 0 Å². The van der Waals surface area contributed by atoms with Gasteiger partial charge in [-0.1, -0.05) is 42.3 Å². The van der Waals surface area contributed by atoms with E-state index in [9.17, 15) is 9.90 Å². The number of carboxylic acid groups (broad SMARTS) is 1. The molecule has 0 saturated carbocycles. The minimum absolute atomic E-state index is 0.0563. The molecule has 0 aliphatic carbocycles. The van der Waals surface area contributed by atoms with Crippen LogP contribution in [-0.4, -0.2) is 26.3 Å². The van der Waals surface area contributed by atoms with Crippen molar-refractivity contribution in [1.82, 2.24) is 15.2 Å². The monoisotopic (exact) mass is 343 g/mol. The molecule has 0 fully saturated rings. The predicted molar refractivity (Wildman–Crippen MR) is 83.7 cm³/mol. The van der Waals surface area contributed by atoms with E-state index in [1.165, 1.54) is 6.08 Å². The summed E-state index contributed by atoms with van der Waals surface area (Å²) < 4.78 is 0. The first-order valence-corrected chi connectivity index (χ1v) is 7.56. The number of hydrogen-bond acceptors (Lipinski definition) is 4. The first-order valence-electron chi connectivity index (χ1n) is 5.99. The third kappa shape index (κ3) is 4.00. The maximum absolute atomic E-state index is 11.3. The standard InChI is InChI=1S/C13H11Cl2N3O2S/c1-2-10-16-13(18-17-10)21-9(12(19)20)6-7-4-3-5-8(14)11(7)15/h3-6H,2H2,1H3,(H,19,20)(H,16,17,18)/b9-6-. The number of halogens is 2. The van der Waals surface area contributed by atoms with Gasteiger partial charge in [0.1, 0.15) is 10.7 Å². The number of nitrogens with zero attached hydrogens (tertiary/aromatic N) is 2. The third-order valence-corrected chi connectivity index (χ3v) is 4.24. The van der Waals surface area contributed by atoms with Crippen molar-refractivity contribution in [2.24, 2.45) is 0 Å². The summed E-state index contributed by atoms with van der Waals surface area (Å²) in [5, 5.41) is 17.0. The lowest BCUT2D eigenvalue weighted by molar-refractivity contribution is -0.131. The normalized spacial score (nSPS) is 11.7. The maximum Gasteiger partial charge on any atom is 0.342 e. The number of benzene rings is 1. The summed E-state index contributed by atoms with van der Waals surface area (Å²) in [6, 6.07) is 5.02. The molecule has 0 amide bonds. The van der Waals surface area contributed by atoms with Gasteiger partial charge in [0.25, 0.3) is 0 Å². The molecule has 0 saturated heterocycles. The van der Waals surface area contributed by atoms with E-state index in [1.807, 2.05) is 6.92 Å². The first-order chi connectivity index (χ1) is 10.0. The summed E-state index contributed by atoms with van der Waals surface area (Å²) >= 11 is 12.9. The first kappa shape index (κ1) is 15.9. The minimum atomic E-state index is -1.08. The lowest BCUT2D eigenvalue weighted by Crippen LogP contribution is -1.97. The molecule has 2 N–H and O–H groups in total. The fourth-order valence-electron chi connectivity index (χ4n) is 1.49. The van der Waals surface area contributed by atoms with Crippen LogP contribution in [0.3, 0.4) is 0 Å². The Kier molecular flexibility index (Phi) is 5.27. The second-order valence-corrected chi connectivity index (χ2v) is 5.77. The van der Waals surface area contributed by atoms with Crippen molar-refractivity contribution < 1.29 is 9.90 Å². The van der Waals surface area contributed by atoms with Crippen LogP contribution in [-0.2, 0) is 11.2 Å². The summed E-state index contributed by atoms with van der Waals surface area (Å²) in [6.07, 6.45) is 2.14.